The third kappa shape index (κ3) is 13.2. The van der Waals surface area contributed by atoms with Crippen molar-refractivity contribution in [3.8, 4) is 11.1 Å². The third-order valence-electron chi connectivity index (χ3n) is 15.5. The second-order valence-electron chi connectivity index (χ2n) is 22.6. The number of nitrogens with zero attached hydrogens (tertiary/aromatic N) is 3. The number of likely N-dealkylation sites (N-methyl/N-ethyl adjacent to an activating group) is 2. The van der Waals surface area contributed by atoms with E-state index < -0.39 is 77.8 Å². The lowest BCUT2D eigenvalue weighted by Gasteiger charge is -2.41. The van der Waals surface area contributed by atoms with Gasteiger partial charge < -0.3 is 39.4 Å². The minimum Gasteiger partial charge on any atom is -0.458 e. The van der Waals surface area contributed by atoms with Gasteiger partial charge in [-0.15, -0.1) is 0 Å². The number of piperidine rings is 1. The number of benzene rings is 3. The molecule has 3 aromatic carbocycles. The van der Waals surface area contributed by atoms with Crippen LogP contribution < -0.4 is 10.6 Å². The van der Waals surface area contributed by atoms with Crippen LogP contribution in [0.1, 0.15) is 118 Å². The molecule has 3 aliphatic rings. The Morgan fingerprint density at radius 2 is 1.34 bits per heavy atom. The summed E-state index contributed by atoms with van der Waals surface area (Å²) in [6.07, 6.45) is 0.285. The number of methoxy groups -OCH3 is 2. The highest BCUT2D eigenvalue weighted by molar-refractivity contribution is 5.92. The van der Waals surface area contributed by atoms with E-state index in [0.717, 1.165) is 34.2 Å². The van der Waals surface area contributed by atoms with Crippen LogP contribution in [-0.4, -0.2) is 139 Å². The smallest absolute Gasteiger partial charge is 0.410 e. The van der Waals surface area contributed by atoms with Gasteiger partial charge in [0.1, 0.15) is 30.3 Å². The average Bonchev–Trinajstić information content (AvgIpc) is 3.90. The van der Waals surface area contributed by atoms with Crippen LogP contribution in [0.15, 0.2) is 78.9 Å². The number of esters is 1. The first-order chi connectivity index (χ1) is 35.0. The van der Waals surface area contributed by atoms with Crippen molar-refractivity contribution >= 4 is 35.7 Å². The Kier molecular flexibility index (Phi) is 19.2. The van der Waals surface area contributed by atoms with E-state index >= 15 is 0 Å². The summed E-state index contributed by atoms with van der Waals surface area (Å²) in [4.78, 5) is 90.2. The summed E-state index contributed by atoms with van der Waals surface area (Å²) in [6.45, 7) is 18.7. The average molecular weight is 1020 g/mol. The Morgan fingerprint density at radius 3 is 1.88 bits per heavy atom. The summed E-state index contributed by atoms with van der Waals surface area (Å²) in [6, 6.07) is 21.7. The van der Waals surface area contributed by atoms with E-state index in [-0.39, 0.29) is 66.9 Å². The Hall–Kier alpha value is -5.80. The SMILES string of the molecule is CCC(C)C(C(CC(=O)N1C2C[C@H]2C[C@H]1C(OC)C(C)C(=O)N[C@@H](Cc1ccccc1)C(=O)OC(C)(C)C)OC)N(C)C(=O)[C@@H](NC(=O)C(C(C)C)N(C)C(=O)OCC1c2ccccc2-c2ccccc21)C(C)C. The van der Waals surface area contributed by atoms with Crippen LogP contribution in [0.25, 0.3) is 11.1 Å². The van der Waals surface area contributed by atoms with Crippen molar-refractivity contribution in [3.63, 3.8) is 0 Å². The van der Waals surface area contributed by atoms with Gasteiger partial charge in [0, 0.05) is 46.7 Å². The topological polar surface area (TPSA) is 173 Å². The van der Waals surface area contributed by atoms with Crippen molar-refractivity contribution < 1.29 is 47.7 Å². The lowest BCUT2D eigenvalue weighted by atomic mass is 9.89. The van der Waals surface area contributed by atoms with Gasteiger partial charge in [0.05, 0.1) is 36.6 Å². The highest BCUT2D eigenvalue weighted by Gasteiger charge is 2.57. The van der Waals surface area contributed by atoms with Gasteiger partial charge >= 0.3 is 12.1 Å². The summed E-state index contributed by atoms with van der Waals surface area (Å²) in [5.74, 6) is -3.38. The van der Waals surface area contributed by atoms with Gasteiger partial charge in [-0.05, 0) is 85.1 Å². The molecule has 0 aromatic heterocycles. The minimum atomic E-state index is -0.975. The Labute approximate surface area is 439 Å². The molecule has 2 aliphatic carbocycles. The summed E-state index contributed by atoms with van der Waals surface area (Å²) in [7, 11) is 6.33. The van der Waals surface area contributed by atoms with E-state index in [1.807, 2.05) is 101 Å². The Balaban J connectivity index is 1.13. The molecule has 1 saturated carbocycles. The molecule has 3 aromatic rings. The fraction of sp³-hybridized carbons (Fsp3) is 0.593. The normalized spacial score (nSPS) is 20.2. The van der Waals surface area contributed by atoms with Gasteiger partial charge in [-0.25, -0.2) is 9.59 Å². The summed E-state index contributed by atoms with van der Waals surface area (Å²) >= 11 is 0. The molecule has 74 heavy (non-hydrogen) atoms. The molecule has 0 radical (unpaired) electrons. The van der Waals surface area contributed by atoms with Gasteiger partial charge in [-0.1, -0.05) is 134 Å². The fourth-order valence-corrected chi connectivity index (χ4v) is 11.4. The number of fused-ring (bicyclic) bond motifs is 4. The highest BCUT2D eigenvalue weighted by atomic mass is 16.6. The van der Waals surface area contributed by atoms with Crippen molar-refractivity contribution in [1.82, 2.24) is 25.3 Å². The van der Waals surface area contributed by atoms with Crippen LogP contribution in [-0.2, 0) is 49.3 Å². The maximum Gasteiger partial charge on any atom is 0.410 e. The Bertz CT molecular complexity index is 2390. The molecule has 0 spiro atoms. The zero-order valence-corrected chi connectivity index (χ0v) is 46.3. The van der Waals surface area contributed by atoms with Gasteiger partial charge in [0.15, 0.2) is 0 Å². The van der Waals surface area contributed by atoms with Crippen LogP contribution in [0, 0.1) is 29.6 Å². The molecule has 5 amide bonds. The number of hydrogen-bond acceptors (Lipinski definition) is 10. The van der Waals surface area contributed by atoms with Crippen LogP contribution >= 0.6 is 0 Å². The zero-order chi connectivity index (χ0) is 54.3. The number of rotatable bonds is 23. The van der Waals surface area contributed by atoms with Crippen LogP contribution in [0.5, 0.6) is 0 Å². The van der Waals surface area contributed by atoms with E-state index in [0.29, 0.717) is 12.8 Å². The van der Waals surface area contributed by atoms with Crippen molar-refractivity contribution in [2.75, 3.05) is 34.9 Å². The molecule has 2 N–H and O–H groups in total. The zero-order valence-electron chi connectivity index (χ0n) is 46.3. The lowest BCUT2D eigenvalue weighted by molar-refractivity contribution is -0.159. The maximum absolute atomic E-state index is 14.8. The van der Waals surface area contributed by atoms with Crippen molar-refractivity contribution in [1.29, 1.82) is 0 Å². The molecule has 15 heteroatoms. The predicted octanol–water partition coefficient (Wildman–Crippen LogP) is 8.02. The molecule has 404 valence electrons. The van der Waals surface area contributed by atoms with Crippen molar-refractivity contribution in [2.45, 2.75) is 161 Å². The standard InChI is InChI=1S/C59H83N5O10/c1-15-36(6)52(62(11)56(68)50(34(2)3)61-55(67)51(35(4)5)63(12)58(70)73-33-44-42-27-21-19-25-40(42)41-26-20-22-28-43(41)44)48(71-13)32-49(65)64-46-30-39(46)31-47(64)53(72-14)37(7)54(66)60-45(57(69)74-59(8,9)10)29-38-23-17-16-18-24-38/h16-28,34-37,39,44-48,50-53H,15,29-33H2,1-14H3,(H,60,66)(H,61,67)/t36?,37?,39-,45-,46?,47-,48?,50-,51?,52?,53?/m0/s1. The van der Waals surface area contributed by atoms with Gasteiger partial charge in [0.25, 0.3) is 0 Å². The first kappa shape index (κ1) is 57.5. The minimum absolute atomic E-state index is 0.0204. The fourth-order valence-electron chi connectivity index (χ4n) is 11.4. The largest absolute Gasteiger partial charge is 0.458 e. The first-order valence-electron chi connectivity index (χ1n) is 26.6. The van der Waals surface area contributed by atoms with Crippen molar-refractivity contribution in [2.24, 2.45) is 29.6 Å². The number of amides is 5. The lowest BCUT2D eigenvalue weighted by Crippen LogP contribution is -2.60. The van der Waals surface area contributed by atoms with Crippen LogP contribution in [0.2, 0.25) is 0 Å². The Morgan fingerprint density at radius 1 is 0.743 bits per heavy atom. The maximum atomic E-state index is 14.8. The molecular formula is C59H83N5O10. The quantitative estimate of drug-likeness (QED) is 0.0887. The first-order valence-corrected chi connectivity index (χ1v) is 26.6. The van der Waals surface area contributed by atoms with Crippen LogP contribution in [0.3, 0.4) is 0 Å². The van der Waals surface area contributed by atoms with E-state index in [9.17, 15) is 28.8 Å². The van der Waals surface area contributed by atoms with Gasteiger partial charge in [-0.2, -0.15) is 0 Å². The number of nitrogens with one attached hydrogen (secondary N) is 2. The van der Waals surface area contributed by atoms with Crippen LogP contribution in [0.4, 0.5) is 4.79 Å². The molecule has 1 aliphatic heterocycles. The molecule has 6 rings (SSSR count). The van der Waals surface area contributed by atoms with E-state index in [1.54, 1.807) is 60.9 Å². The molecule has 1 heterocycles. The number of likely N-dealkylation sites (tertiary alicyclic amines) is 1. The van der Waals surface area contributed by atoms with E-state index in [4.69, 9.17) is 18.9 Å². The molecular weight excluding hydrogens is 939 g/mol. The molecule has 2 fully saturated rings. The highest BCUT2D eigenvalue weighted by Crippen LogP contribution is 2.50. The van der Waals surface area contributed by atoms with E-state index in [1.165, 1.54) is 4.90 Å². The number of carbonyl (C=O) groups is 6. The molecule has 1 saturated heterocycles. The monoisotopic (exact) mass is 1020 g/mol. The van der Waals surface area contributed by atoms with Crippen molar-refractivity contribution in [3.05, 3.63) is 95.6 Å². The summed E-state index contributed by atoms with van der Waals surface area (Å²) in [5, 5.41) is 5.98. The molecule has 7 unspecified atom stereocenters. The van der Waals surface area contributed by atoms with Gasteiger partial charge in [0.2, 0.25) is 23.6 Å². The predicted molar refractivity (Wildman–Crippen MR) is 285 cm³/mol. The van der Waals surface area contributed by atoms with E-state index in [2.05, 4.69) is 34.9 Å². The molecule has 15 nitrogen and oxygen atoms in total. The summed E-state index contributed by atoms with van der Waals surface area (Å²) < 4.78 is 23.9. The molecule has 0 bridgehead atoms. The number of hydrogen-bond donors (Lipinski definition) is 2. The number of ether oxygens (including phenoxy) is 4. The molecule has 11 atom stereocenters. The second kappa shape index (κ2) is 24.7. The third-order valence-corrected chi connectivity index (χ3v) is 15.5. The second-order valence-corrected chi connectivity index (χ2v) is 22.6. The number of carbonyl (C=O) groups excluding carboxylic acids is 6. The van der Waals surface area contributed by atoms with Gasteiger partial charge in [-0.3, -0.25) is 24.1 Å². The summed E-state index contributed by atoms with van der Waals surface area (Å²) in [5.41, 5.74) is 4.47.